The molecule has 0 radical (unpaired) electrons. The minimum absolute atomic E-state index is 0.0193. The first-order valence-electron chi connectivity index (χ1n) is 7.57. The van der Waals surface area contributed by atoms with Gasteiger partial charge in [-0.2, -0.15) is 0 Å². The quantitative estimate of drug-likeness (QED) is 0.870. The first-order chi connectivity index (χ1) is 10.0. The number of piperidine rings is 1. The molecule has 1 amide bonds. The largest absolute Gasteiger partial charge is 0.398 e. The molecule has 0 atom stereocenters. The topological polar surface area (TPSA) is 49.6 Å². The van der Waals surface area contributed by atoms with Gasteiger partial charge < -0.3 is 15.5 Å². The minimum Gasteiger partial charge on any atom is -0.398 e. The molecule has 0 bridgehead atoms. The Labute approximate surface area is 131 Å². The molecule has 0 aromatic heterocycles. The van der Waals surface area contributed by atoms with Crippen LogP contribution in [0.15, 0.2) is 18.2 Å². The van der Waals surface area contributed by atoms with Gasteiger partial charge in [0.25, 0.3) is 5.91 Å². The minimum atomic E-state index is 0.0193. The zero-order valence-corrected chi connectivity index (χ0v) is 13.6. The van der Waals surface area contributed by atoms with Gasteiger partial charge in [-0.05, 0) is 44.0 Å². The predicted molar refractivity (Wildman–Crippen MR) is 87.7 cm³/mol. The lowest BCUT2D eigenvalue weighted by Gasteiger charge is -2.36. The van der Waals surface area contributed by atoms with Gasteiger partial charge >= 0.3 is 0 Å². The third-order valence-corrected chi connectivity index (χ3v) is 4.54. The number of carbonyl (C=O) groups excluding carboxylic acids is 1. The molecule has 1 aliphatic rings. The second-order valence-corrected chi connectivity index (χ2v) is 6.13. The number of nitrogen functional groups attached to an aromatic ring is 1. The molecule has 2 N–H and O–H groups in total. The maximum absolute atomic E-state index is 12.5. The van der Waals surface area contributed by atoms with Crippen molar-refractivity contribution >= 4 is 23.2 Å². The average Bonchev–Trinajstić information content (AvgIpc) is 2.50. The molecule has 1 aliphatic heterocycles. The summed E-state index contributed by atoms with van der Waals surface area (Å²) in [6.07, 6.45) is 3.25. The van der Waals surface area contributed by atoms with Crippen molar-refractivity contribution in [2.24, 2.45) is 0 Å². The van der Waals surface area contributed by atoms with Crippen molar-refractivity contribution in [2.45, 2.75) is 32.2 Å². The molecular formula is C16H24ClN3O. The van der Waals surface area contributed by atoms with Crippen molar-refractivity contribution in [1.82, 2.24) is 9.80 Å². The molecule has 2 rings (SSSR count). The number of anilines is 1. The summed E-state index contributed by atoms with van der Waals surface area (Å²) < 4.78 is 0. The Hall–Kier alpha value is -1.26. The molecule has 0 aliphatic carbocycles. The summed E-state index contributed by atoms with van der Waals surface area (Å²) in [6, 6.07) is 5.39. The summed E-state index contributed by atoms with van der Waals surface area (Å²) in [6.45, 7) is 5.49. The lowest BCUT2D eigenvalue weighted by molar-refractivity contribution is 0.0643. The summed E-state index contributed by atoms with van der Waals surface area (Å²) >= 11 is 6.00. The Kier molecular flexibility index (Phi) is 5.48. The first-order valence-corrected chi connectivity index (χ1v) is 7.95. The number of benzene rings is 1. The van der Waals surface area contributed by atoms with E-state index in [1.165, 1.54) is 6.42 Å². The maximum Gasteiger partial charge on any atom is 0.253 e. The van der Waals surface area contributed by atoms with Crippen LogP contribution in [0.5, 0.6) is 0 Å². The van der Waals surface area contributed by atoms with E-state index in [0.29, 0.717) is 22.3 Å². The van der Waals surface area contributed by atoms with Crippen molar-refractivity contribution in [1.29, 1.82) is 0 Å². The second-order valence-electron chi connectivity index (χ2n) is 5.73. The monoisotopic (exact) mass is 309 g/mol. The number of hydrogen-bond donors (Lipinski definition) is 1. The second kappa shape index (κ2) is 7.14. The molecule has 116 valence electrons. The molecule has 1 fully saturated rings. The molecule has 21 heavy (non-hydrogen) atoms. The molecule has 1 aromatic carbocycles. The number of rotatable bonds is 4. The summed E-state index contributed by atoms with van der Waals surface area (Å²) in [5.41, 5.74) is 6.80. The molecule has 1 heterocycles. The summed E-state index contributed by atoms with van der Waals surface area (Å²) in [5.74, 6) is 0.0193. The Morgan fingerprint density at radius 2 is 2.10 bits per heavy atom. The highest BCUT2D eigenvalue weighted by molar-refractivity contribution is 6.33. The van der Waals surface area contributed by atoms with Crippen molar-refractivity contribution in [3.63, 3.8) is 0 Å². The van der Waals surface area contributed by atoms with E-state index in [1.54, 1.807) is 18.2 Å². The smallest absolute Gasteiger partial charge is 0.253 e. The number of carbonyl (C=O) groups is 1. The lowest BCUT2D eigenvalue weighted by Crippen LogP contribution is -2.45. The average molecular weight is 310 g/mol. The Morgan fingerprint density at radius 3 is 2.67 bits per heavy atom. The number of nitrogens with two attached hydrogens (primary N) is 1. The van der Waals surface area contributed by atoms with E-state index in [4.69, 9.17) is 17.3 Å². The van der Waals surface area contributed by atoms with Crippen LogP contribution in [0.3, 0.4) is 0 Å². The fraction of sp³-hybridized carbons (Fsp3) is 0.562. The summed E-state index contributed by atoms with van der Waals surface area (Å²) in [4.78, 5) is 16.8. The zero-order valence-electron chi connectivity index (χ0n) is 12.8. The number of nitrogens with zero attached hydrogens (tertiary/aromatic N) is 2. The van der Waals surface area contributed by atoms with Crippen LogP contribution < -0.4 is 5.73 Å². The molecule has 0 saturated carbocycles. The van der Waals surface area contributed by atoms with Gasteiger partial charge in [-0.15, -0.1) is 0 Å². The van der Waals surface area contributed by atoms with E-state index in [0.717, 1.165) is 32.5 Å². The van der Waals surface area contributed by atoms with Crippen molar-refractivity contribution in [3.8, 4) is 0 Å². The van der Waals surface area contributed by atoms with Gasteiger partial charge in [0.2, 0.25) is 0 Å². The van der Waals surface area contributed by atoms with E-state index in [1.807, 2.05) is 11.9 Å². The number of likely N-dealkylation sites (tertiary alicyclic amines) is 1. The standard InChI is InChI=1S/C16H24ClN3O/c1-3-8-20-9-6-13(7-10-20)19(2)16(21)12-4-5-15(18)14(17)11-12/h4-5,11,13H,3,6-10,18H2,1-2H3. The first kappa shape index (κ1) is 16.1. The van der Waals surface area contributed by atoms with E-state index < -0.39 is 0 Å². The fourth-order valence-corrected chi connectivity index (χ4v) is 3.06. The SMILES string of the molecule is CCCN1CCC(N(C)C(=O)c2ccc(N)c(Cl)c2)CC1. The Bertz CT molecular complexity index is 498. The zero-order chi connectivity index (χ0) is 15.4. The van der Waals surface area contributed by atoms with Crippen LogP contribution in [0.2, 0.25) is 5.02 Å². The van der Waals surface area contributed by atoms with Gasteiger partial charge in [0, 0.05) is 31.7 Å². The summed E-state index contributed by atoms with van der Waals surface area (Å²) in [5, 5.41) is 0.437. The van der Waals surface area contributed by atoms with Gasteiger partial charge in [0.15, 0.2) is 0 Å². The van der Waals surface area contributed by atoms with Crippen LogP contribution in [0.1, 0.15) is 36.5 Å². The van der Waals surface area contributed by atoms with E-state index in [-0.39, 0.29) is 5.91 Å². The molecular weight excluding hydrogens is 286 g/mol. The van der Waals surface area contributed by atoms with Gasteiger partial charge in [-0.25, -0.2) is 0 Å². The van der Waals surface area contributed by atoms with E-state index >= 15 is 0 Å². The van der Waals surface area contributed by atoms with Crippen LogP contribution in [-0.2, 0) is 0 Å². The molecule has 5 heteroatoms. The third-order valence-electron chi connectivity index (χ3n) is 4.21. The van der Waals surface area contributed by atoms with Gasteiger partial charge in [-0.1, -0.05) is 18.5 Å². The molecule has 4 nitrogen and oxygen atoms in total. The highest BCUT2D eigenvalue weighted by atomic mass is 35.5. The highest BCUT2D eigenvalue weighted by Gasteiger charge is 2.25. The normalized spacial score (nSPS) is 16.9. The van der Waals surface area contributed by atoms with Crippen LogP contribution in [0.25, 0.3) is 0 Å². The highest BCUT2D eigenvalue weighted by Crippen LogP contribution is 2.22. The van der Waals surface area contributed by atoms with Gasteiger partial charge in [0.1, 0.15) is 0 Å². The number of amides is 1. The third kappa shape index (κ3) is 3.89. The molecule has 0 spiro atoms. The van der Waals surface area contributed by atoms with E-state index in [2.05, 4.69) is 11.8 Å². The van der Waals surface area contributed by atoms with Crippen molar-refractivity contribution in [2.75, 3.05) is 32.4 Å². The van der Waals surface area contributed by atoms with Crippen LogP contribution in [0, 0.1) is 0 Å². The number of hydrogen-bond acceptors (Lipinski definition) is 3. The molecule has 0 unspecified atom stereocenters. The maximum atomic E-state index is 12.5. The Balaban J connectivity index is 1.98. The van der Waals surface area contributed by atoms with Crippen molar-refractivity contribution < 1.29 is 4.79 Å². The predicted octanol–water partition coefficient (Wildman–Crippen LogP) is 2.87. The fourth-order valence-electron chi connectivity index (χ4n) is 2.88. The van der Waals surface area contributed by atoms with Crippen LogP contribution in [-0.4, -0.2) is 48.4 Å². The molecule has 1 aromatic rings. The van der Waals surface area contributed by atoms with Gasteiger partial charge in [-0.3, -0.25) is 4.79 Å². The van der Waals surface area contributed by atoms with Crippen molar-refractivity contribution in [3.05, 3.63) is 28.8 Å². The Morgan fingerprint density at radius 1 is 1.43 bits per heavy atom. The van der Waals surface area contributed by atoms with Crippen LogP contribution in [0.4, 0.5) is 5.69 Å². The lowest BCUT2D eigenvalue weighted by atomic mass is 10.0. The summed E-state index contributed by atoms with van der Waals surface area (Å²) in [7, 11) is 1.88. The van der Waals surface area contributed by atoms with Crippen LogP contribution >= 0.6 is 11.6 Å². The van der Waals surface area contributed by atoms with Gasteiger partial charge in [0.05, 0.1) is 10.7 Å². The molecule has 1 saturated heterocycles. The van der Waals surface area contributed by atoms with E-state index in [9.17, 15) is 4.79 Å². The number of halogens is 1.